The summed E-state index contributed by atoms with van der Waals surface area (Å²) >= 11 is 12.0. The van der Waals surface area contributed by atoms with E-state index in [2.05, 4.69) is 0 Å². The van der Waals surface area contributed by atoms with Gasteiger partial charge in [0.1, 0.15) is 19.8 Å². The van der Waals surface area contributed by atoms with Crippen molar-refractivity contribution in [2.24, 2.45) is 11.8 Å². The van der Waals surface area contributed by atoms with Crippen LogP contribution in [0.3, 0.4) is 0 Å². The molecule has 3 rings (SSSR count). The first-order chi connectivity index (χ1) is 12.5. The number of fused-ring (bicyclic) bond motifs is 1. The minimum Gasteiger partial charge on any atom is -0.487 e. The Morgan fingerprint density at radius 2 is 1.62 bits per heavy atom. The molecule has 0 aromatic heterocycles. The average molecular weight is 400 g/mol. The van der Waals surface area contributed by atoms with Crippen LogP contribution in [-0.4, -0.2) is 42.4 Å². The number of halogens is 2. The monoisotopic (exact) mass is 399 g/mol. The average Bonchev–Trinajstić information content (AvgIpc) is 2.86. The quantitative estimate of drug-likeness (QED) is 0.417. The molecule has 1 aromatic carbocycles. The number of benzene rings is 1. The summed E-state index contributed by atoms with van der Waals surface area (Å²) in [7, 11) is 0. The molecule has 2 atom stereocenters. The zero-order valence-electron chi connectivity index (χ0n) is 14.1. The molecule has 0 N–H and O–H groups in total. The van der Waals surface area contributed by atoms with Crippen LogP contribution in [0.5, 0.6) is 5.75 Å². The Morgan fingerprint density at radius 3 is 2.19 bits per heavy atom. The van der Waals surface area contributed by atoms with Gasteiger partial charge in [0.25, 0.3) is 0 Å². The summed E-state index contributed by atoms with van der Waals surface area (Å²) in [6.45, 7) is -0.330. The van der Waals surface area contributed by atoms with Crippen molar-refractivity contribution >= 4 is 41.0 Å². The maximum absolute atomic E-state index is 12.3. The van der Waals surface area contributed by atoms with Crippen molar-refractivity contribution in [3.8, 4) is 5.75 Å². The van der Waals surface area contributed by atoms with Crippen LogP contribution in [0.2, 0.25) is 10.0 Å². The lowest BCUT2D eigenvalue weighted by Crippen LogP contribution is -2.37. The number of hydrogen-bond acceptors (Lipinski definition) is 5. The summed E-state index contributed by atoms with van der Waals surface area (Å²) in [5.74, 6) is -1.36. The lowest BCUT2D eigenvalue weighted by Gasteiger charge is -2.19. The molecule has 1 saturated carbocycles. The van der Waals surface area contributed by atoms with Crippen molar-refractivity contribution in [2.45, 2.75) is 25.7 Å². The van der Waals surface area contributed by atoms with Crippen LogP contribution in [0.4, 0.5) is 0 Å². The molecule has 8 heteroatoms. The third kappa shape index (κ3) is 3.96. The van der Waals surface area contributed by atoms with Crippen LogP contribution in [0.1, 0.15) is 25.7 Å². The first-order valence-electron chi connectivity index (χ1n) is 8.56. The number of rotatable bonds is 6. The first-order valence-corrected chi connectivity index (χ1v) is 9.32. The number of carbonyl (C=O) groups is 3. The highest BCUT2D eigenvalue weighted by atomic mass is 35.5. The summed E-state index contributed by atoms with van der Waals surface area (Å²) in [4.78, 5) is 37.6. The van der Waals surface area contributed by atoms with E-state index in [4.69, 9.17) is 32.7 Å². The third-order valence-corrected chi connectivity index (χ3v) is 5.33. The Bertz CT molecular complexity index is 679. The Hall–Kier alpha value is -1.79. The minimum atomic E-state index is -0.640. The number of para-hydroxylation sites is 1. The van der Waals surface area contributed by atoms with E-state index in [0.717, 1.165) is 17.7 Å². The fourth-order valence-corrected chi connectivity index (χ4v) is 3.99. The molecule has 6 nitrogen and oxygen atoms in total. The number of imide groups is 1. The molecule has 0 spiro atoms. The van der Waals surface area contributed by atoms with Gasteiger partial charge in [0, 0.05) is 0 Å². The molecule has 1 heterocycles. The summed E-state index contributed by atoms with van der Waals surface area (Å²) in [5.41, 5.74) is 0. The second-order valence-corrected chi connectivity index (χ2v) is 7.19. The summed E-state index contributed by atoms with van der Waals surface area (Å²) in [6.07, 6.45) is 3.32. The standard InChI is InChI=1S/C18H19Cl2NO5/c19-13-6-3-7-14(20)16(13)26-9-8-25-15(22)10-21-17(23)11-4-1-2-5-12(11)18(21)24/h3,6-7,11-12H,1-2,4-5,8-10H2. The zero-order chi connectivity index (χ0) is 18.7. The van der Waals surface area contributed by atoms with E-state index in [-0.39, 0.29) is 43.4 Å². The Kier molecular flexibility index (Phi) is 6.04. The predicted molar refractivity (Wildman–Crippen MR) is 95.1 cm³/mol. The fourth-order valence-electron chi connectivity index (χ4n) is 3.48. The van der Waals surface area contributed by atoms with Crippen molar-refractivity contribution in [2.75, 3.05) is 19.8 Å². The molecule has 26 heavy (non-hydrogen) atoms. The minimum absolute atomic E-state index is 0.0382. The SMILES string of the molecule is O=C(CN1C(=O)C2CCCCC2C1=O)OCCOc1c(Cl)cccc1Cl. The molecular weight excluding hydrogens is 381 g/mol. The number of likely N-dealkylation sites (tertiary alicyclic amines) is 1. The van der Waals surface area contributed by atoms with Crippen molar-refractivity contribution in [1.29, 1.82) is 0 Å². The van der Waals surface area contributed by atoms with Gasteiger partial charge in [0.05, 0.1) is 21.9 Å². The van der Waals surface area contributed by atoms with E-state index in [0.29, 0.717) is 28.6 Å². The normalized spacial score (nSPS) is 22.3. The molecule has 2 amide bonds. The molecule has 0 bridgehead atoms. The van der Waals surface area contributed by atoms with E-state index in [1.54, 1.807) is 18.2 Å². The van der Waals surface area contributed by atoms with Crippen LogP contribution in [0.15, 0.2) is 18.2 Å². The number of esters is 1. The second kappa shape index (κ2) is 8.27. The van der Waals surface area contributed by atoms with Gasteiger partial charge in [-0.15, -0.1) is 0 Å². The zero-order valence-corrected chi connectivity index (χ0v) is 15.6. The highest BCUT2D eigenvalue weighted by Gasteiger charge is 2.48. The molecule has 2 aliphatic rings. The smallest absolute Gasteiger partial charge is 0.326 e. The Balaban J connectivity index is 1.46. The lowest BCUT2D eigenvalue weighted by molar-refractivity contribution is -0.153. The Labute approximate surface area is 161 Å². The van der Waals surface area contributed by atoms with Crippen molar-refractivity contribution < 1.29 is 23.9 Å². The van der Waals surface area contributed by atoms with Gasteiger partial charge in [-0.25, -0.2) is 0 Å². The van der Waals surface area contributed by atoms with Crippen LogP contribution in [0, 0.1) is 11.8 Å². The summed E-state index contributed by atoms with van der Waals surface area (Å²) in [6, 6.07) is 4.97. The molecule has 2 fully saturated rings. The number of nitrogens with zero attached hydrogens (tertiary/aromatic N) is 1. The van der Waals surface area contributed by atoms with Crippen LogP contribution in [0.25, 0.3) is 0 Å². The summed E-state index contributed by atoms with van der Waals surface area (Å²) in [5, 5.41) is 0.722. The molecule has 140 valence electrons. The van der Waals surface area contributed by atoms with Gasteiger partial charge in [0.2, 0.25) is 11.8 Å². The van der Waals surface area contributed by atoms with Crippen LogP contribution >= 0.6 is 23.2 Å². The van der Waals surface area contributed by atoms with Gasteiger partial charge < -0.3 is 9.47 Å². The topological polar surface area (TPSA) is 72.9 Å². The van der Waals surface area contributed by atoms with Gasteiger partial charge >= 0.3 is 5.97 Å². The van der Waals surface area contributed by atoms with E-state index in [1.807, 2.05) is 0 Å². The molecule has 1 aliphatic carbocycles. The van der Waals surface area contributed by atoms with E-state index >= 15 is 0 Å². The number of amides is 2. The van der Waals surface area contributed by atoms with Gasteiger partial charge in [-0.2, -0.15) is 0 Å². The maximum atomic E-state index is 12.3. The highest BCUT2D eigenvalue weighted by Crippen LogP contribution is 2.37. The first kappa shape index (κ1) is 19.0. The maximum Gasteiger partial charge on any atom is 0.326 e. The second-order valence-electron chi connectivity index (χ2n) is 6.38. The molecular formula is C18H19Cl2NO5. The molecule has 1 aliphatic heterocycles. The van der Waals surface area contributed by atoms with Gasteiger partial charge in [-0.1, -0.05) is 42.1 Å². The van der Waals surface area contributed by atoms with E-state index in [1.165, 1.54) is 0 Å². The number of ether oxygens (including phenoxy) is 2. The van der Waals surface area contributed by atoms with E-state index in [9.17, 15) is 14.4 Å². The molecule has 0 radical (unpaired) electrons. The summed E-state index contributed by atoms with van der Waals surface area (Å²) < 4.78 is 10.5. The predicted octanol–water partition coefficient (Wildman–Crippen LogP) is 3.09. The van der Waals surface area contributed by atoms with Gasteiger partial charge in [-0.3, -0.25) is 19.3 Å². The lowest BCUT2D eigenvalue weighted by atomic mass is 9.81. The number of carbonyl (C=O) groups excluding carboxylic acids is 3. The molecule has 1 saturated heterocycles. The van der Waals surface area contributed by atoms with Gasteiger partial charge in [0.15, 0.2) is 5.75 Å². The largest absolute Gasteiger partial charge is 0.487 e. The van der Waals surface area contributed by atoms with Crippen LogP contribution in [-0.2, 0) is 19.1 Å². The third-order valence-electron chi connectivity index (χ3n) is 4.73. The Morgan fingerprint density at radius 1 is 1.04 bits per heavy atom. The fraction of sp³-hybridized carbons (Fsp3) is 0.500. The van der Waals surface area contributed by atoms with Crippen molar-refractivity contribution in [3.63, 3.8) is 0 Å². The van der Waals surface area contributed by atoms with Crippen molar-refractivity contribution in [3.05, 3.63) is 28.2 Å². The molecule has 2 unspecified atom stereocenters. The van der Waals surface area contributed by atoms with Crippen molar-refractivity contribution in [1.82, 2.24) is 4.90 Å². The molecule has 1 aromatic rings. The van der Waals surface area contributed by atoms with Crippen LogP contribution < -0.4 is 4.74 Å². The van der Waals surface area contributed by atoms with Gasteiger partial charge in [-0.05, 0) is 25.0 Å². The van der Waals surface area contributed by atoms with E-state index < -0.39 is 5.97 Å². The number of hydrogen-bond donors (Lipinski definition) is 0. The highest BCUT2D eigenvalue weighted by molar-refractivity contribution is 6.37.